The number of carboxylic acids is 1. The Bertz CT molecular complexity index is 934. The third kappa shape index (κ3) is 5.68. The largest absolute Gasteiger partial charge is 0.496 e. The van der Waals surface area contributed by atoms with E-state index < -0.39 is 11.9 Å². The van der Waals surface area contributed by atoms with Crippen molar-refractivity contribution in [2.24, 2.45) is 0 Å². The van der Waals surface area contributed by atoms with Crippen LogP contribution in [-0.4, -0.2) is 67.1 Å². The summed E-state index contributed by atoms with van der Waals surface area (Å²) in [6, 6.07) is 12.2. The molecule has 3 rings (SSSR count). The number of likely N-dealkylation sites (N-methyl/N-ethyl adjacent to an activating group) is 1. The molecule has 1 fully saturated rings. The summed E-state index contributed by atoms with van der Waals surface area (Å²) in [5.41, 5.74) is 2.25. The van der Waals surface area contributed by atoms with Crippen LogP contribution in [0.5, 0.6) is 5.75 Å². The lowest BCUT2D eigenvalue weighted by Crippen LogP contribution is -2.43. The van der Waals surface area contributed by atoms with Crippen LogP contribution < -0.4 is 10.1 Å². The molecule has 30 heavy (non-hydrogen) atoms. The highest BCUT2D eigenvalue weighted by Gasteiger charge is 2.16. The maximum absolute atomic E-state index is 12.2. The maximum atomic E-state index is 12.2. The molecule has 0 saturated carbocycles. The molecule has 2 aromatic rings. The Balaban J connectivity index is 1.65. The standard InChI is InChI=1S/C23H27N3O4/c1-25-11-13-26(14-12-25)16-18-9-7-17(15-21(18)30-2)8-10-22(27)24-20-6-4-3-5-19(20)23(28)29/h3-10,15H,11-14,16H2,1-2H3,(H,24,27)(H,28,29). The fourth-order valence-corrected chi connectivity index (χ4v) is 3.37. The molecule has 0 bridgehead atoms. The Morgan fingerprint density at radius 2 is 1.87 bits per heavy atom. The van der Waals surface area contributed by atoms with Crippen molar-refractivity contribution in [2.75, 3.05) is 45.7 Å². The van der Waals surface area contributed by atoms with Gasteiger partial charge in [0.1, 0.15) is 5.75 Å². The van der Waals surface area contributed by atoms with Gasteiger partial charge in [0.2, 0.25) is 5.91 Å². The first kappa shape index (κ1) is 21.5. The number of piperazine rings is 1. The van der Waals surface area contributed by atoms with Gasteiger partial charge in [-0.3, -0.25) is 9.69 Å². The fraction of sp³-hybridized carbons (Fsp3) is 0.304. The number of amides is 1. The van der Waals surface area contributed by atoms with Crippen LogP contribution in [0.25, 0.3) is 6.08 Å². The van der Waals surface area contributed by atoms with Crippen LogP contribution in [0.15, 0.2) is 48.5 Å². The Labute approximate surface area is 176 Å². The number of anilines is 1. The van der Waals surface area contributed by atoms with Gasteiger partial charge in [-0.25, -0.2) is 4.79 Å². The molecule has 0 aliphatic carbocycles. The van der Waals surface area contributed by atoms with E-state index in [1.807, 2.05) is 18.2 Å². The molecule has 1 heterocycles. The molecule has 2 aromatic carbocycles. The van der Waals surface area contributed by atoms with Gasteiger partial charge in [-0.15, -0.1) is 0 Å². The van der Waals surface area contributed by atoms with Crippen molar-refractivity contribution >= 4 is 23.6 Å². The van der Waals surface area contributed by atoms with E-state index in [-0.39, 0.29) is 11.3 Å². The molecule has 7 heteroatoms. The van der Waals surface area contributed by atoms with Crippen molar-refractivity contribution < 1.29 is 19.4 Å². The molecule has 7 nitrogen and oxygen atoms in total. The third-order valence-electron chi connectivity index (χ3n) is 5.14. The summed E-state index contributed by atoms with van der Waals surface area (Å²) in [6.07, 6.45) is 3.06. The van der Waals surface area contributed by atoms with Crippen molar-refractivity contribution in [1.82, 2.24) is 9.80 Å². The number of nitrogens with one attached hydrogen (secondary N) is 1. The minimum absolute atomic E-state index is 0.0502. The van der Waals surface area contributed by atoms with Gasteiger partial charge in [-0.1, -0.05) is 24.3 Å². The summed E-state index contributed by atoms with van der Waals surface area (Å²) in [6.45, 7) is 5.00. The van der Waals surface area contributed by atoms with Crippen molar-refractivity contribution in [1.29, 1.82) is 0 Å². The van der Waals surface area contributed by atoms with E-state index in [1.54, 1.807) is 31.4 Å². The average Bonchev–Trinajstić information content (AvgIpc) is 2.74. The minimum Gasteiger partial charge on any atom is -0.496 e. The summed E-state index contributed by atoms with van der Waals surface area (Å²) in [4.78, 5) is 28.2. The lowest BCUT2D eigenvalue weighted by atomic mass is 10.1. The van der Waals surface area contributed by atoms with E-state index in [1.165, 1.54) is 12.1 Å². The van der Waals surface area contributed by atoms with E-state index >= 15 is 0 Å². The van der Waals surface area contributed by atoms with Gasteiger partial charge in [0.05, 0.1) is 18.4 Å². The summed E-state index contributed by atoms with van der Waals surface area (Å²) in [5.74, 6) is -0.701. The summed E-state index contributed by atoms with van der Waals surface area (Å²) in [7, 11) is 3.78. The van der Waals surface area contributed by atoms with Crippen LogP contribution in [0.1, 0.15) is 21.5 Å². The van der Waals surface area contributed by atoms with Gasteiger partial charge >= 0.3 is 5.97 Å². The number of hydrogen-bond donors (Lipinski definition) is 2. The predicted molar refractivity (Wildman–Crippen MR) is 117 cm³/mol. The van der Waals surface area contributed by atoms with E-state index in [0.717, 1.165) is 49.6 Å². The van der Waals surface area contributed by atoms with Crippen LogP contribution in [0, 0.1) is 0 Å². The van der Waals surface area contributed by atoms with E-state index in [9.17, 15) is 14.7 Å². The summed E-state index contributed by atoms with van der Waals surface area (Å²) < 4.78 is 5.56. The number of aromatic carboxylic acids is 1. The van der Waals surface area contributed by atoms with Crippen LogP contribution in [0.2, 0.25) is 0 Å². The Morgan fingerprint density at radius 3 is 2.57 bits per heavy atom. The van der Waals surface area contributed by atoms with Crippen molar-refractivity contribution in [3.63, 3.8) is 0 Å². The predicted octanol–water partition coefficient (Wildman–Crippen LogP) is 2.79. The molecule has 1 saturated heterocycles. The molecule has 0 unspecified atom stereocenters. The zero-order valence-corrected chi connectivity index (χ0v) is 17.3. The summed E-state index contributed by atoms with van der Waals surface area (Å²) >= 11 is 0. The highest BCUT2D eigenvalue weighted by atomic mass is 16.5. The van der Waals surface area contributed by atoms with Gasteiger partial charge < -0.3 is 20.1 Å². The number of ether oxygens (including phenoxy) is 1. The molecular weight excluding hydrogens is 382 g/mol. The second kappa shape index (κ2) is 10.0. The second-order valence-corrected chi connectivity index (χ2v) is 7.32. The first-order chi connectivity index (χ1) is 14.5. The zero-order valence-electron chi connectivity index (χ0n) is 17.3. The average molecular weight is 409 g/mol. The first-order valence-electron chi connectivity index (χ1n) is 9.85. The zero-order chi connectivity index (χ0) is 21.5. The summed E-state index contributed by atoms with van der Waals surface area (Å²) in [5, 5.41) is 11.8. The number of rotatable bonds is 7. The Hall–Kier alpha value is -3.16. The number of hydrogen-bond acceptors (Lipinski definition) is 5. The highest BCUT2D eigenvalue weighted by molar-refractivity contribution is 6.06. The topological polar surface area (TPSA) is 82.1 Å². The molecule has 158 valence electrons. The Kier molecular flexibility index (Phi) is 7.21. The number of methoxy groups -OCH3 is 1. The number of para-hydroxylation sites is 1. The number of nitrogens with zero attached hydrogens (tertiary/aromatic N) is 2. The number of carboxylic acid groups (broad SMARTS) is 1. The minimum atomic E-state index is -1.09. The van der Waals surface area contributed by atoms with Crippen LogP contribution in [0.3, 0.4) is 0 Å². The molecule has 1 amide bonds. The van der Waals surface area contributed by atoms with Crippen LogP contribution in [0.4, 0.5) is 5.69 Å². The molecule has 0 radical (unpaired) electrons. The van der Waals surface area contributed by atoms with Crippen molar-refractivity contribution in [3.05, 3.63) is 65.2 Å². The van der Waals surface area contributed by atoms with Gasteiger partial charge in [0.15, 0.2) is 0 Å². The van der Waals surface area contributed by atoms with E-state index in [4.69, 9.17) is 4.74 Å². The normalized spacial score (nSPS) is 15.3. The van der Waals surface area contributed by atoms with E-state index in [2.05, 4.69) is 22.2 Å². The monoisotopic (exact) mass is 409 g/mol. The maximum Gasteiger partial charge on any atom is 0.337 e. The number of carbonyl (C=O) groups is 2. The molecule has 0 spiro atoms. The van der Waals surface area contributed by atoms with Gasteiger partial charge in [0, 0.05) is 44.4 Å². The lowest BCUT2D eigenvalue weighted by Gasteiger charge is -2.32. The SMILES string of the molecule is COc1cc(C=CC(=O)Nc2ccccc2C(=O)O)ccc1CN1CCN(C)CC1. The fourth-order valence-electron chi connectivity index (χ4n) is 3.37. The van der Waals surface area contributed by atoms with Crippen LogP contribution in [-0.2, 0) is 11.3 Å². The third-order valence-corrected chi connectivity index (χ3v) is 5.14. The van der Waals surface area contributed by atoms with Crippen molar-refractivity contribution in [2.45, 2.75) is 6.54 Å². The van der Waals surface area contributed by atoms with E-state index in [0.29, 0.717) is 0 Å². The molecule has 1 aliphatic rings. The molecule has 2 N–H and O–H groups in total. The molecule has 1 aliphatic heterocycles. The van der Waals surface area contributed by atoms with Crippen molar-refractivity contribution in [3.8, 4) is 5.75 Å². The van der Waals surface area contributed by atoms with Crippen LogP contribution >= 0.6 is 0 Å². The first-order valence-corrected chi connectivity index (χ1v) is 9.85. The smallest absolute Gasteiger partial charge is 0.337 e. The highest BCUT2D eigenvalue weighted by Crippen LogP contribution is 2.23. The number of benzene rings is 2. The van der Waals surface area contributed by atoms with Gasteiger partial charge in [-0.2, -0.15) is 0 Å². The second-order valence-electron chi connectivity index (χ2n) is 7.32. The Morgan fingerprint density at radius 1 is 1.13 bits per heavy atom. The lowest BCUT2D eigenvalue weighted by molar-refractivity contribution is -0.111. The molecular formula is C23H27N3O4. The quantitative estimate of drug-likeness (QED) is 0.685. The van der Waals surface area contributed by atoms with Gasteiger partial charge in [0.25, 0.3) is 0 Å². The molecule has 0 atom stereocenters. The number of carbonyl (C=O) groups excluding carboxylic acids is 1. The van der Waals surface area contributed by atoms with Gasteiger partial charge in [-0.05, 0) is 36.9 Å². The molecule has 0 aromatic heterocycles.